The normalized spacial score (nSPS) is 10.5. The number of anilines is 1. The highest BCUT2D eigenvalue weighted by molar-refractivity contribution is 9.14. The van der Waals surface area contributed by atoms with E-state index in [1.807, 2.05) is 12.1 Å². The number of nitrogens with one attached hydrogen (secondary N) is 2. The second kappa shape index (κ2) is 8.23. The molecule has 0 radical (unpaired) electrons. The second-order valence-corrected chi connectivity index (χ2v) is 6.41. The molecule has 0 spiro atoms. The van der Waals surface area contributed by atoms with E-state index in [-0.39, 0.29) is 0 Å². The van der Waals surface area contributed by atoms with E-state index in [0.29, 0.717) is 0 Å². The van der Waals surface area contributed by atoms with Crippen LogP contribution in [0.5, 0.6) is 0 Å². The highest BCUT2D eigenvalue weighted by Crippen LogP contribution is 2.33. The van der Waals surface area contributed by atoms with Gasteiger partial charge < -0.3 is 20.1 Å². The van der Waals surface area contributed by atoms with Gasteiger partial charge in [0.25, 0.3) is 0 Å². The van der Waals surface area contributed by atoms with Gasteiger partial charge in [0.05, 0.1) is 5.69 Å². The number of hydrazine groups is 1. The van der Waals surface area contributed by atoms with Crippen LogP contribution < -0.4 is 9.88 Å². The molecule has 0 aliphatic heterocycles. The summed E-state index contributed by atoms with van der Waals surface area (Å²) < 4.78 is 14.5. The lowest BCUT2D eigenvalue weighted by Crippen LogP contribution is -2.07. The third-order valence-corrected chi connectivity index (χ3v) is 4.54. The van der Waals surface area contributed by atoms with Gasteiger partial charge in [-0.2, -0.15) is 4.45 Å². The number of hydrogen-bond acceptors (Lipinski definition) is 3. The van der Waals surface area contributed by atoms with Gasteiger partial charge in [-0.25, -0.2) is 4.57 Å². The highest BCUT2D eigenvalue weighted by Gasteiger charge is 2.03. The molecule has 0 unspecified atom stereocenters. The lowest BCUT2D eigenvalue weighted by atomic mass is 10.3. The van der Waals surface area contributed by atoms with Crippen LogP contribution in [-0.4, -0.2) is 14.7 Å². The molecule has 1 aromatic rings. The molecule has 0 aliphatic rings. The lowest BCUT2D eigenvalue weighted by molar-refractivity contribution is 0.275. The Morgan fingerprint density at radius 1 is 1.06 bits per heavy atom. The maximum Gasteiger partial charge on any atom is 0.466 e. The van der Waals surface area contributed by atoms with Gasteiger partial charge in [-0.05, 0) is 59.9 Å². The molecule has 98 valence electrons. The van der Waals surface area contributed by atoms with E-state index < -0.39 is 7.82 Å². The summed E-state index contributed by atoms with van der Waals surface area (Å²) in [7, 11) is -4.64. The molecule has 1 aromatic carbocycles. The molecule has 0 aliphatic carbocycles. The van der Waals surface area contributed by atoms with Gasteiger partial charge in [0.15, 0.2) is 0 Å². The molecule has 1 rings (SSSR count). The molecular weight excluding hydrogens is 515 g/mol. The van der Waals surface area contributed by atoms with Crippen LogP contribution in [0.1, 0.15) is 0 Å². The molecule has 0 aromatic heterocycles. The molecule has 0 bridgehead atoms. The van der Waals surface area contributed by atoms with Crippen molar-refractivity contribution >= 4 is 77.4 Å². The monoisotopic (exact) mass is 518 g/mol. The molecule has 0 heterocycles. The molecule has 17 heavy (non-hydrogen) atoms. The third kappa shape index (κ3) is 9.57. The van der Waals surface area contributed by atoms with Crippen LogP contribution in [0.3, 0.4) is 0 Å². The minimum atomic E-state index is -4.64. The SMILES string of the molecule is BrNNc1cc(Br)c(Br)c(Br)c1.O=P(O)(O)O. The summed E-state index contributed by atoms with van der Waals surface area (Å²) >= 11 is 13.3. The van der Waals surface area contributed by atoms with E-state index in [9.17, 15) is 0 Å². The Morgan fingerprint density at radius 2 is 1.41 bits per heavy atom. The summed E-state index contributed by atoms with van der Waals surface area (Å²) in [5.41, 5.74) is 3.85. The summed E-state index contributed by atoms with van der Waals surface area (Å²) in [6.07, 6.45) is 0. The van der Waals surface area contributed by atoms with Gasteiger partial charge in [0.1, 0.15) is 0 Å². The Kier molecular flexibility index (Phi) is 8.72. The van der Waals surface area contributed by atoms with Crippen molar-refractivity contribution in [1.29, 1.82) is 0 Å². The fraction of sp³-hybridized carbons (Fsp3) is 0. The zero-order chi connectivity index (χ0) is 13.6. The standard InChI is InChI=1S/C6H4Br4N2.H3O4P/c7-4-1-3(11-12-10)2-5(8)6(4)9;1-5(2,3)4/h1-2,11-12H;(H3,1,2,3,4). The first-order chi connectivity index (χ1) is 7.65. The van der Waals surface area contributed by atoms with E-state index in [4.69, 9.17) is 19.2 Å². The molecule has 6 nitrogen and oxygen atoms in total. The Labute approximate surface area is 131 Å². The fourth-order valence-corrected chi connectivity index (χ4v) is 2.33. The number of halogens is 4. The van der Waals surface area contributed by atoms with Crippen LogP contribution in [0.2, 0.25) is 0 Å². The predicted octanol–water partition coefficient (Wildman–Crippen LogP) is 3.27. The number of phosphoric acid groups is 1. The van der Waals surface area contributed by atoms with E-state index in [1.165, 1.54) is 0 Å². The molecular formula is C6H7Br4N2O4P. The van der Waals surface area contributed by atoms with Gasteiger partial charge in [0, 0.05) is 29.6 Å². The van der Waals surface area contributed by atoms with Crippen molar-refractivity contribution in [3.63, 3.8) is 0 Å². The smallest absolute Gasteiger partial charge is 0.312 e. The molecule has 0 amide bonds. The Hall–Kier alpha value is 1.01. The third-order valence-electron chi connectivity index (χ3n) is 1.18. The first-order valence-electron chi connectivity index (χ1n) is 3.69. The van der Waals surface area contributed by atoms with Gasteiger partial charge in [0.2, 0.25) is 0 Å². The minimum Gasteiger partial charge on any atom is -0.312 e. The zero-order valence-corrected chi connectivity index (χ0v) is 15.1. The van der Waals surface area contributed by atoms with Gasteiger partial charge in [-0.15, -0.1) is 0 Å². The number of hydrogen-bond donors (Lipinski definition) is 5. The maximum atomic E-state index is 8.88. The summed E-state index contributed by atoms with van der Waals surface area (Å²) in [5, 5.41) is 0. The van der Waals surface area contributed by atoms with Crippen molar-refractivity contribution in [2.75, 3.05) is 5.43 Å². The molecule has 5 N–H and O–H groups in total. The van der Waals surface area contributed by atoms with E-state index in [2.05, 4.69) is 73.8 Å². The topological polar surface area (TPSA) is 102 Å². The lowest BCUT2D eigenvalue weighted by Gasteiger charge is -2.06. The van der Waals surface area contributed by atoms with Crippen molar-refractivity contribution in [2.45, 2.75) is 0 Å². The first kappa shape index (κ1) is 18.0. The van der Waals surface area contributed by atoms with Crippen LogP contribution in [0, 0.1) is 0 Å². The Bertz CT molecular complexity index is 395. The van der Waals surface area contributed by atoms with Crippen LogP contribution >= 0.6 is 71.8 Å². The molecule has 0 fully saturated rings. The molecule has 0 saturated carbocycles. The second-order valence-electron chi connectivity index (χ2n) is 2.49. The van der Waals surface area contributed by atoms with Crippen LogP contribution in [0.25, 0.3) is 0 Å². The maximum absolute atomic E-state index is 8.88. The van der Waals surface area contributed by atoms with Crippen LogP contribution in [-0.2, 0) is 4.57 Å². The highest BCUT2D eigenvalue weighted by atomic mass is 79.9. The number of benzene rings is 1. The first-order valence-corrected chi connectivity index (χ1v) is 8.43. The van der Waals surface area contributed by atoms with E-state index in [0.717, 1.165) is 19.1 Å². The molecule has 0 saturated heterocycles. The summed E-state index contributed by atoms with van der Waals surface area (Å²) in [6, 6.07) is 3.90. The summed E-state index contributed by atoms with van der Waals surface area (Å²) in [6.45, 7) is 0. The number of rotatable bonds is 2. The quantitative estimate of drug-likeness (QED) is 0.177. The Morgan fingerprint density at radius 3 is 1.71 bits per heavy atom. The van der Waals surface area contributed by atoms with Crippen molar-refractivity contribution in [3.8, 4) is 0 Å². The Balaban J connectivity index is 0.000000437. The van der Waals surface area contributed by atoms with Gasteiger partial charge >= 0.3 is 7.82 Å². The minimum absolute atomic E-state index is 0.953. The average Bonchev–Trinajstić information content (AvgIpc) is 2.12. The fourth-order valence-electron chi connectivity index (χ4n) is 0.682. The van der Waals surface area contributed by atoms with E-state index in [1.54, 1.807) is 0 Å². The van der Waals surface area contributed by atoms with Crippen molar-refractivity contribution in [3.05, 3.63) is 25.6 Å². The van der Waals surface area contributed by atoms with Crippen molar-refractivity contribution < 1.29 is 19.2 Å². The van der Waals surface area contributed by atoms with Gasteiger partial charge in [-0.3, -0.25) is 0 Å². The predicted molar refractivity (Wildman–Crippen MR) is 79.5 cm³/mol. The van der Waals surface area contributed by atoms with Crippen molar-refractivity contribution in [2.24, 2.45) is 0 Å². The van der Waals surface area contributed by atoms with Crippen LogP contribution in [0.4, 0.5) is 5.69 Å². The molecule has 11 heteroatoms. The van der Waals surface area contributed by atoms with Crippen molar-refractivity contribution in [1.82, 2.24) is 4.45 Å². The largest absolute Gasteiger partial charge is 0.466 e. The summed E-state index contributed by atoms with van der Waals surface area (Å²) in [5.74, 6) is 0. The van der Waals surface area contributed by atoms with Gasteiger partial charge in [-0.1, -0.05) is 0 Å². The van der Waals surface area contributed by atoms with E-state index >= 15 is 0 Å². The molecule has 0 atom stereocenters. The van der Waals surface area contributed by atoms with Crippen LogP contribution in [0.15, 0.2) is 25.6 Å². The summed E-state index contributed by atoms with van der Waals surface area (Å²) in [4.78, 5) is 21.6. The zero-order valence-electron chi connectivity index (χ0n) is 7.86. The average molecular weight is 522 g/mol.